The maximum Gasteiger partial charge on any atom is 0.231 e. The van der Waals surface area contributed by atoms with Crippen molar-refractivity contribution in [1.29, 1.82) is 0 Å². The minimum absolute atomic E-state index is 0. The molecule has 0 bridgehead atoms. The number of para-hydroxylation sites is 1. The van der Waals surface area contributed by atoms with Crippen LogP contribution in [0.25, 0.3) is 10.9 Å². The molecule has 4 nitrogen and oxygen atoms in total. The third-order valence-electron chi connectivity index (χ3n) is 5.10. The summed E-state index contributed by atoms with van der Waals surface area (Å²) in [7, 11) is 0. The summed E-state index contributed by atoms with van der Waals surface area (Å²) in [6.07, 6.45) is 3.57. The number of rotatable bonds is 3. The topological polar surface area (TPSA) is 46.3 Å². The lowest BCUT2D eigenvalue weighted by atomic mass is 9.91. The van der Waals surface area contributed by atoms with E-state index in [1.54, 1.807) is 0 Å². The number of hydrogen-bond donors (Lipinski definition) is 2. The Morgan fingerprint density at radius 1 is 1.08 bits per heavy atom. The monoisotopic (exact) mass is 356 g/mol. The molecule has 25 heavy (non-hydrogen) atoms. The molecule has 2 aliphatic rings. The van der Waals surface area contributed by atoms with Crippen LogP contribution < -0.4 is 14.8 Å². The lowest BCUT2D eigenvalue weighted by Gasteiger charge is -2.24. The second-order valence-electron chi connectivity index (χ2n) is 6.58. The average molecular weight is 357 g/mol. The van der Waals surface area contributed by atoms with Gasteiger partial charge in [0.15, 0.2) is 11.5 Å². The van der Waals surface area contributed by atoms with Crippen molar-refractivity contribution in [2.24, 2.45) is 0 Å². The minimum Gasteiger partial charge on any atom is -0.454 e. The Morgan fingerprint density at radius 2 is 1.96 bits per heavy atom. The van der Waals surface area contributed by atoms with Crippen LogP contribution in [-0.2, 0) is 13.0 Å². The standard InChI is InChI=1S/C20H20N2O2.ClH/c1-2-6-16-14(4-1)15-5-3-7-17(20(15)22-16)21-11-13-8-9-18-19(10-13)24-12-23-18;/h1-2,4,6,8-10,17,21-22H,3,5,7,11-12H2;1H. The number of aromatic amines is 1. The number of fused-ring (bicyclic) bond motifs is 4. The lowest BCUT2D eigenvalue weighted by molar-refractivity contribution is 0.174. The zero-order valence-electron chi connectivity index (χ0n) is 13.9. The molecule has 2 aromatic carbocycles. The van der Waals surface area contributed by atoms with Crippen LogP contribution in [0.15, 0.2) is 42.5 Å². The molecule has 0 spiro atoms. The van der Waals surface area contributed by atoms with Crippen molar-refractivity contribution in [3.63, 3.8) is 0 Å². The van der Waals surface area contributed by atoms with E-state index in [4.69, 9.17) is 9.47 Å². The van der Waals surface area contributed by atoms with E-state index in [1.165, 1.54) is 47.0 Å². The zero-order chi connectivity index (χ0) is 15.9. The molecule has 1 unspecified atom stereocenters. The number of aryl methyl sites for hydroxylation is 1. The minimum atomic E-state index is 0. The van der Waals surface area contributed by atoms with Gasteiger partial charge in [0.2, 0.25) is 6.79 Å². The normalized spacial score (nSPS) is 18.0. The molecule has 2 N–H and O–H groups in total. The molecule has 1 aliphatic heterocycles. The molecule has 2 heterocycles. The molecule has 1 aromatic heterocycles. The Bertz CT molecular complexity index is 906. The van der Waals surface area contributed by atoms with E-state index in [2.05, 4.69) is 46.7 Å². The van der Waals surface area contributed by atoms with Gasteiger partial charge >= 0.3 is 0 Å². The van der Waals surface area contributed by atoms with Crippen molar-refractivity contribution >= 4 is 23.3 Å². The molecule has 0 saturated heterocycles. The third-order valence-corrected chi connectivity index (χ3v) is 5.10. The maximum atomic E-state index is 5.47. The molecule has 130 valence electrons. The Balaban J connectivity index is 0.00000157. The van der Waals surface area contributed by atoms with Gasteiger partial charge in [-0.2, -0.15) is 0 Å². The third kappa shape index (κ3) is 2.86. The zero-order valence-corrected chi connectivity index (χ0v) is 14.7. The second kappa shape index (κ2) is 6.62. The van der Waals surface area contributed by atoms with E-state index in [0.717, 1.165) is 18.0 Å². The van der Waals surface area contributed by atoms with Crippen molar-refractivity contribution in [1.82, 2.24) is 10.3 Å². The first-order valence-electron chi connectivity index (χ1n) is 8.60. The van der Waals surface area contributed by atoms with Crippen LogP contribution in [-0.4, -0.2) is 11.8 Å². The van der Waals surface area contributed by atoms with E-state index in [0.29, 0.717) is 12.8 Å². The quantitative estimate of drug-likeness (QED) is 0.727. The van der Waals surface area contributed by atoms with Crippen molar-refractivity contribution in [2.75, 3.05) is 6.79 Å². The Kier molecular flexibility index (Phi) is 4.32. The van der Waals surface area contributed by atoms with Gasteiger partial charge in [-0.05, 0) is 48.6 Å². The van der Waals surface area contributed by atoms with Crippen LogP contribution >= 0.6 is 12.4 Å². The molecule has 0 fully saturated rings. The van der Waals surface area contributed by atoms with Crippen molar-refractivity contribution in [2.45, 2.75) is 31.8 Å². The number of hydrogen-bond acceptors (Lipinski definition) is 3. The van der Waals surface area contributed by atoms with Crippen molar-refractivity contribution < 1.29 is 9.47 Å². The number of benzene rings is 2. The Hall–Kier alpha value is -2.17. The summed E-state index contributed by atoms with van der Waals surface area (Å²) >= 11 is 0. The molecular formula is C20H21ClN2O2. The van der Waals surface area contributed by atoms with Crippen LogP contribution in [0.5, 0.6) is 11.5 Å². The largest absolute Gasteiger partial charge is 0.454 e. The molecule has 1 aliphatic carbocycles. The SMILES string of the molecule is Cl.c1ccc2c3c([nH]c2c1)C(NCc1ccc2c(c1)OCO2)CCC3. The van der Waals surface area contributed by atoms with Gasteiger partial charge in [-0.25, -0.2) is 0 Å². The summed E-state index contributed by atoms with van der Waals surface area (Å²) in [4.78, 5) is 3.64. The van der Waals surface area contributed by atoms with Crippen LogP contribution in [0.1, 0.15) is 35.7 Å². The fourth-order valence-corrected chi connectivity index (χ4v) is 3.91. The summed E-state index contributed by atoms with van der Waals surface area (Å²) in [5.74, 6) is 1.69. The molecule has 0 saturated carbocycles. The number of halogens is 1. The van der Waals surface area contributed by atoms with Gasteiger partial charge in [-0.1, -0.05) is 24.3 Å². The smallest absolute Gasteiger partial charge is 0.231 e. The highest BCUT2D eigenvalue weighted by Gasteiger charge is 2.24. The first-order chi connectivity index (χ1) is 11.9. The molecule has 0 amide bonds. The van der Waals surface area contributed by atoms with Crippen LogP contribution in [0, 0.1) is 0 Å². The molecule has 1 atom stereocenters. The lowest BCUT2D eigenvalue weighted by Crippen LogP contribution is -2.24. The van der Waals surface area contributed by atoms with Crippen LogP contribution in [0.3, 0.4) is 0 Å². The first-order valence-corrected chi connectivity index (χ1v) is 8.60. The highest BCUT2D eigenvalue weighted by Crippen LogP contribution is 2.35. The summed E-state index contributed by atoms with van der Waals surface area (Å²) in [6, 6.07) is 15.2. The highest BCUT2D eigenvalue weighted by atomic mass is 35.5. The van der Waals surface area contributed by atoms with Crippen LogP contribution in [0.2, 0.25) is 0 Å². The first kappa shape index (κ1) is 16.3. The van der Waals surface area contributed by atoms with E-state index in [1.807, 2.05) is 6.07 Å². The van der Waals surface area contributed by atoms with E-state index < -0.39 is 0 Å². The Labute approximate surface area is 152 Å². The fourth-order valence-electron chi connectivity index (χ4n) is 3.91. The molecule has 3 aromatic rings. The number of H-pyrrole nitrogens is 1. The van der Waals surface area contributed by atoms with Gasteiger partial charge in [0.1, 0.15) is 0 Å². The second-order valence-corrected chi connectivity index (χ2v) is 6.58. The van der Waals surface area contributed by atoms with E-state index in [-0.39, 0.29) is 12.4 Å². The van der Waals surface area contributed by atoms with Gasteiger partial charge in [-0.15, -0.1) is 12.4 Å². The number of nitrogens with one attached hydrogen (secondary N) is 2. The van der Waals surface area contributed by atoms with Gasteiger partial charge in [0.05, 0.1) is 0 Å². The predicted molar refractivity (Wildman–Crippen MR) is 101 cm³/mol. The Morgan fingerprint density at radius 3 is 2.92 bits per heavy atom. The van der Waals surface area contributed by atoms with Gasteiger partial charge < -0.3 is 19.8 Å². The number of aromatic nitrogens is 1. The van der Waals surface area contributed by atoms with Crippen LogP contribution in [0.4, 0.5) is 0 Å². The molecule has 5 rings (SSSR count). The molecule has 5 heteroatoms. The fraction of sp³-hybridized carbons (Fsp3) is 0.300. The van der Waals surface area contributed by atoms with Gasteiger partial charge in [-0.3, -0.25) is 0 Å². The number of ether oxygens (including phenoxy) is 2. The average Bonchev–Trinajstić information content (AvgIpc) is 3.24. The summed E-state index contributed by atoms with van der Waals surface area (Å²) in [5, 5.41) is 5.10. The predicted octanol–water partition coefficient (Wildman–Crippen LogP) is 4.49. The summed E-state index contributed by atoms with van der Waals surface area (Å²) < 4.78 is 10.9. The van der Waals surface area contributed by atoms with Crippen molar-refractivity contribution in [3.05, 3.63) is 59.3 Å². The van der Waals surface area contributed by atoms with Crippen molar-refractivity contribution in [3.8, 4) is 11.5 Å². The van der Waals surface area contributed by atoms with E-state index >= 15 is 0 Å². The summed E-state index contributed by atoms with van der Waals surface area (Å²) in [5.41, 5.74) is 5.32. The molecular weight excluding hydrogens is 336 g/mol. The maximum absolute atomic E-state index is 5.47. The van der Waals surface area contributed by atoms with E-state index in [9.17, 15) is 0 Å². The highest BCUT2D eigenvalue weighted by molar-refractivity contribution is 5.85. The molecule has 0 radical (unpaired) electrons. The summed E-state index contributed by atoms with van der Waals surface area (Å²) in [6.45, 7) is 1.16. The van der Waals surface area contributed by atoms with Gasteiger partial charge in [0.25, 0.3) is 0 Å². The van der Waals surface area contributed by atoms with Gasteiger partial charge in [0, 0.05) is 29.2 Å².